The summed E-state index contributed by atoms with van der Waals surface area (Å²) in [6.07, 6.45) is 3.23. The third-order valence-electron chi connectivity index (χ3n) is 5.42. The van der Waals surface area contributed by atoms with E-state index in [4.69, 9.17) is 4.74 Å². The molecule has 2 aromatic heterocycles. The summed E-state index contributed by atoms with van der Waals surface area (Å²) in [4.78, 5) is 33.3. The molecule has 3 heterocycles. The number of benzene rings is 1. The van der Waals surface area contributed by atoms with Crippen molar-refractivity contribution < 1.29 is 14.3 Å². The lowest BCUT2D eigenvalue weighted by atomic mass is 10.2. The van der Waals surface area contributed by atoms with Gasteiger partial charge >= 0.3 is 0 Å². The number of hydrogen-bond acceptors (Lipinski definition) is 6. The molecule has 1 fully saturated rings. The van der Waals surface area contributed by atoms with Crippen LogP contribution in [-0.4, -0.2) is 71.4 Å². The topological polar surface area (TPSA) is 92.6 Å². The molecule has 0 bridgehead atoms. The van der Waals surface area contributed by atoms with E-state index in [0.29, 0.717) is 11.3 Å². The SMILES string of the molecule is CC(C)n1ncc2cc(C(=O)N(C)CC(=O)Nc3ccc(N4CCOCC4)cc3)cnc21. The van der Waals surface area contributed by atoms with Gasteiger partial charge in [-0.15, -0.1) is 0 Å². The molecule has 0 spiro atoms. The Balaban J connectivity index is 1.35. The number of aromatic nitrogens is 3. The maximum atomic E-state index is 12.8. The third kappa shape index (κ3) is 4.72. The highest BCUT2D eigenvalue weighted by Gasteiger charge is 2.18. The molecule has 4 rings (SSSR count). The summed E-state index contributed by atoms with van der Waals surface area (Å²) in [5.74, 6) is -0.531. The van der Waals surface area contributed by atoms with E-state index in [1.54, 1.807) is 19.3 Å². The minimum absolute atomic E-state index is 0.0622. The highest BCUT2D eigenvalue weighted by molar-refractivity contribution is 6.00. The Kier molecular flexibility index (Phi) is 6.36. The number of carbonyl (C=O) groups is 2. The van der Waals surface area contributed by atoms with Gasteiger partial charge in [-0.25, -0.2) is 9.67 Å². The summed E-state index contributed by atoms with van der Waals surface area (Å²) in [6, 6.07) is 9.64. The molecule has 0 saturated carbocycles. The number of nitrogens with zero attached hydrogens (tertiary/aromatic N) is 5. The molecule has 1 aliphatic rings. The fourth-order valence-corrected chi connectivity index (χ4v) is 3.72. The van der Waals surface area contributed by atoms with Crippen molar-refractivity contribution in [2.24, 2.45) is 0 Å². The van der Waals surface area contributed by atoms with Crippen molar-refractivity contribution in [3.05, 3.63) is 48.3 Å². The number of anilines is 2. The monoisotopic (exact) mass is 436 g/mol. The zero-order valence-electron chi connectivity index (χ0n) is 18.6. The molecule has 168 valence electrons. The van der Waals surface area contributed by atoms with E-state index < -0.39 is 0 Å². The summed E-state index contributed by atoms with van der Waals surface area (Å²) in [6.45, 7) is 7.15. The van der Waals surface area contributed by atoms with Crippen molar-refractivity contribution in [3.63, 3.8) is 0 Å². The fraction of sp³-hybridized carbons (Fsp3) is 0.391. The molecule has 1 aliphatic heterocycles. The van der Waals surface area contributed by atoms with E-state index in [9.17, 15) is 9.59 Å². The summed E-state index contributed by atoms with van der Waals surface area (Å²) >= 11 is 0. The number of likely N-dealkylation sites (N-methyl/N-ethyl adjacent to an activating group) is 1. The standard InChI is InChI=1S/C23H28N6O3/c1-16(2)29-22-17(14-25-29)12-18(13-24-22)23(31)27(3)15-21(30)26-19-4-6-20(7-5-19)28-8-10-32-11-9-28/h4-7,12-14,16H,8-11,15H2,1-3H3,(H,26,30). The Labute approximate surface area is 187 Å². The van der Waals surface area contributed by atoms with Crippen molar-refractivity contribution in [3.8, 4) is 0 Å². The van der Waals surface area contributed by atoms with Gasteiger partial charge in [0.2, 0.25) is 5.91 Å². The molecule has 1 N–H and O–H groups in total. The van der Waals surface area contributed by atoms with Crippen LogP contribution in [0, 0.1) is 0 Å². The molecule has 32 heavy (non-hydrogen) atoms. The normalized spacial score (nSPS) is 14.1. The van der Waals surface area contributed by atoms with Crippen molar-refractivity contribution >= 4 is 34.2 Å². The van der Waals surface area contributed by atoms with Crippen LogP contribution >= 0.6 is 0 Å². The van der Waals surface area contributed by atoms with E-state index in [-0.39, 0.29) is 24.4 Å². The van der Waals surface area contributed by atoms with Crippen molar-refractivity contribution in [2.75, 3.05) is 50.1 Å². The number of fused-ring (bicyclic) bond motifs is 1. The summed E-state index contributed by atoms with van der Waals surface area (Å²) in [7, 11) is 1.60. The van der Waals surface area contributed by atoms with Gasteiger partial charge in [-0.1, -0.05) is 0 Å². The van der Waals surface area contributed by atoms with Gasteiger partial charge < -0.3 is 19.9 Å². The number of ether oxygens (including phenoxy) is 1. The molecular formula is C23H28N6O3. The molecule has 1 aromatic carbocycles. The molecule has 0 radical (unpaired) electrons. The van der Waals surface area contributed by atoms with Crippen LogP contribution in [0.4, 0.5) is 11.4 Å². The average molecular weight is 437 g/mol. The second kappa shape index (κ2) is 9.35. The molecule has 1 saturated heterocycles. The number of amides is 2. The van der Waals surface area contributed by atoms with E-state index in [0.717, 1.165) is 43.0 Å². The Morgan fingerprint density at radius 1 is 1.16 bits per heavy atom. The minimum Gasteiger partial charge on any atom is -0.378 e. The Hall–Kier alpha value is -3.46. The molecule has 9 nitrogen and oxygen atoms in total. The lowest BCUT2D eigenvalue weighted by Crippen LogP contribution is -2.36. The first-order chi connectivity index (χ1) is 15.4. The lowest BCUT2D eigenvalue weighted by molar-refractivity contribution is -0.116. The van der Waals surface area contributed by atoms with E-state index in [1.165, 1.54) is 11.1 Å². The molecule has 9 heteroatoms. The number of nitrogens with one attached hydrogen (secondary N) is 1. The number of carbonyl (C=O) groups excluding carboxylic acids is 2. The van der Waals surface area contributed by atoms with Gasteiger partial charge in [0, 0.05) is 49.1 Å². The highest BCUT2D eigenvalue weighted by atomic mass is 16.5. The molecular weight excluding hydrogens is 408 g/mol. The van der Waals surface area contributed by atoms with E-state index in [2.05, 4.69) is 20.3 Å². The summed E-state index contributed by atoms with van der Waals surface area (Å²) in [5, 5.41) is 7.97. The van der Waals surface area contributed by atoms with Crippen LogP contribution < -0.4 is 10.2 Å². The molecule has 2 amide bonds. The Morgan fingerprint density at radius 2 is 1.88 bits per heavy atom. The molecule has 0 atom stereocenters. The van der Waals surface area contributed by atoms with Crippen molar-refractivity contribution in [1.82, 2.24) is 19.7 Å². The zero-order chi connectivity index (χ0) is 22.7. The molecule has 0 unspecified atom stereocenters. The third-order valence-corrected chi connectivity index (χ3v) is 5.42. The second-order valence-electron chi connectivity index (χ2n) is 8.18. The predicted molar refractivity (Wildman–Crippen MR) is 123 cm³/mol. The van der Waals surface area contributed by atoms with Crippen LogP contribution in [0.1, 0.15) is 30.2 Å². The number of rotatable bonds is 6. The Bertz CT molecular complexity index is 1100. The zero-order valence-corrected chi connectivity index (χ0v) is 18.6. The first kappa shape index (κ1) is 21.8. The number of pyridine rings is 1. The van der Waals surface area contributed by atoms with Gasteiger partial charge in [-0.05, 0) is 44.2 Å². The summed E-state index contributed by atoms with van der Waals surface area (Å²) in [5.41, 5.74) is 2.95. The first-order valence-electron chi connectivity index (χ1n) is 10.7. The van der Waals surface area contributed by atoms with Gasteiger partial charge in [0.1, 0.15) is 0 Å². The van der Waals surface area contributed by atoms with Crippen LogP contribution in [0.15, 0.2) is 42.7 Å². The fourth-order valence-electron chi connectivity index (χ4n) is 3.72. The van der Waals surface area contributed by atoms with Crippen LogP contribution in [-0.2, 0) is 9.53 Å². The van der Waals surface area contributed by atoms with Crippen molar-refractivity contribution in [2.45, 2.75) is 19.9 Å². The van der Waals surface area contributed by atoms with E-state index >= 15 is 0 Å². The summed E-state index contributed by atoms with van der Waals surface area (Å²) < 4.78 is 7.19. The van der Waals surface area contributed by atoms with Crippen LogP contribution in [0.2, 0.25) is 0 Å². The van der Waals surface area contributed by atoms with E-state index in [1.807, 2.05) is 42.8 Å². The maximum Gasteiger partial charge on any atom is 0.255 e. The molecule has 3 aromatic rings. The van der Waals surface area contributed by atoms with Gasteiger partial charge in [-0.3, -0.25) is 9.59 Å². The maximum absolute atomic E-state index is 12.8. The average Bonchev–Trinajstić information content (AvgIpc) is 3.23. The second-order valence-corrected chi connectivity index (χ2v) is 8.18. The minimum atomic E-state index is -0.269. The van der Waals surface area contributed by atoms with Gasteiger partial charge in [0.05, 0.1) is 31.5 Å². The highest BCUT2D eigenvalue weighted by Crippen LogP contribution is 2.20. The lowest BCUT2D eigenvalue weighted by Gasteiger charge is -2.28. The Morgan fingerprint density at radius 3 is 2.56 bits per heavy atom. The smallest absolute Gasteiger partial charge is 0.255 e. The van der Waals surface area contributed by atoms with Crippen molar-refractivity contribution in [1.29, 1.82) is 0 Å². The number of morpholine rings is 1. The van der Waals surface area contributed by atoms with Crippen LogP contribution in [0.25, 0.3) is 11.0 Å². The van der Waals surface area contributed by atoms with Crippen LogP contribution in [0.5, 0.6) is 0 Å². The quantitative estimate of drug-likeness (QED) is 0.639. The molecule has 0 aliphatic carbocycles. The van der Waals surface area contributed by atoms with Gasteiger partial charge in [0.25, 0.3) is 5.91 Å². The number of hydrogen-bond donors (Lipinski definition) is 1. The van der Waals surface area contributed by atoms with Crippen LogP contribution in [0.3, 0.4) is 0 Å². The van der Waals surface area contributed by atoms with Gasteiger partial charge in [0.15, 0.2) is 5.65 Å². The predicted octanol–water partition coefficient (Wildman–Crippen LogP) is 2.56. The largest absolute Gasteiger partial charge is 0.378 e. The first-order valence-corrected chi connectivity index (χ1v) is 10.7. The van der Waals surface area contributed by atoms with Gasteiger partial charge in [-0.2, -0.15) is 5.10 Å².